The van der Waals surface area contributed by atoms with E-state index >= 15 is 0 Å². The van der Waals surface area contributed by atoms with Crippen molar-refractivity contribution in [3.63, 3.8) is 0 Å². The number of anilines is 1. The Kier molecular flexibility index (Phi) is 4.91. The number of benzene rings is 2. The van der Waals surface area contributed by atoms with Crippen molar-refractivity contribution in [1.29, 1.82) is 0 Å². The molecule has 2 aromatic carbocycles. The second kappa shape index (κ2) is 8.03. The first-order valence-electron chi connectivity index (χ1n) is 10.0. The Hall–Kier alpha value is -4.39. The van der Waals surface area contributed by atoms with Gasteiger partial charge in [0.1, 0.15) is 17.3 Å². The third-order valence-corrected chi connectivity index (χ3v) is 5.10. The normalized spacial score (nSPS) is 10.9. The largest absolute Gasteiger partial charge is 0.307 e. The number of pyridine rings is 1. The third-order valence-electron chi connectivity index (χ3n) is 5.10. The maximum absolute atomic E-state index is 13.5. The fourth-order valence-electron chi connectivity index (χ4n) is 3.50. The second-order valence-electron chi connectivity index (χ2n) is 7.36. The van der Waals surface area contributed by atoms with E-state index in [0.29, 0.717) is 22.7 Å². The summed E-state index contributed by atoms with van der Waals surface area (Å²) in [5, 5.41) is 7.29. The van der Waals surface area contributed by atoms with Crippen LogP contribution in [0, 0.1) is 12.7 Å². The fourth-order valence-corrected chi connectivity index (χ4v) is 3.50. The summed E-state index contributed by atoms with van der Waals surface area (Å²) in [5.41, 5.74) is 5.19. The Morgan fingerprint density at radius 1 is 0.938 bits per heavy atom. The van der Waals surface area contributed by atoms with Crippen LogP contribution in [0.25, 0.3) is 28.2 Å². The number of amides is 1. The number of nitrogens with zero attached hydrogens (tertiary/aromatic N) is 4. The van der Waals surface area contributed by atoms with Crippen molar-refractivity contribution >= 4 is 17.4 Å². The number of carbonyl (C=O) groups is 1. The van der Waals surface area contributed by atoms with Gasteiger partial charge in [0.2, 0.25) is 0 Å². The van der Waals surface area contributed by atoms with Crippen molar-refractivity contribution in [2.24, 2.45) is 0 Å². The van der Waals surface area contributed by atoms with Crippen LogP contribution in [0.15, 0.2) is 85.2 Å². The number of aromatic nitrogens is 4. The van der Waals surface area contributed by atoms with Crippen LogP contribution in [0.4, 0.5) is 10.2 Å². The number of rotatable bonds is 4. The Morgan fingerprint density at radius 2 is 1.72 bits per heavy atom. The number of carbonyl (C=O) groups excluding carboxylic acids is 1. The smallest absolute Gasteiger partial charge is 0.256 e. The minimum absolute atomic E-state index is 0.246. The molecule has 0 radical (unpaired) electrons. The van der Waals surface area contributed by atoms with Gasteiger partial charge in [0.25, 0.3) is 5.91 Å². The monoisotopic (exact) mass is 423 g/mol. The van der Waals surface area contributed by atoms with Crippen LogP contribution >= 0.6 is 0 Å². The Bertz CT molecular complexity index is 1430. The molecule has 5 rings (SSSR count). The predicted molar refractivity (Wildman–Crippen MR) is 121 cm³/mol. The van der Waals surface area contributed by atoms with Crippen LogP contribution in [0.5, 0.6) is 0 Å². The van der Waals surface area contributed by atoms with Gasteiger partial charge >= 0.3 is 0 Å². The van der Waals surface area contributed by atoms with Gasteiger partial charge in [-0.05, 0) is 67.6 Å². The number of nitrogens with one attached hydrogen (secondary N) is 1. The second-order valence-corrected chi connectivity index (χ2v) is 7.36. The number of aryl methyl sites for hydroxylation is 1. The van der Waals surface area contributed by atoms with Crippen molar-refractivity contribution in [1.82, 2.24) is 19.6 Å². The first kappa shape index (κ1) is 19.6. The van der Waals surface area contributed by atoms with Gasteiger partial charge in [-0.25, -0.2) is 18.9 Å². The average molecular weight is 423 g/mol. The summed E-state index contributed by atoms with van der Waals surface area (Å²) in [4.78, 5) is 21.6. The molecule has 0 unspecified atom stereocenters. The molecular formula is C25H18FN5O. The molecule has 0 aliphatic carbocycles. The highest BCUT2D eigenvalue weighted by Crippen LogP contribution is 2.33. The summed E-state index contributed by atoms with van der Waals surface area (Å²) in [7, 11) is 0. The van der Waals surface area contributed by atoms with E-state index < -0.39 is 0 Å². The molecule has 156 valence electrons. The summed E-state index contributed by atoms with van der Waals surface area (Å²) < 4.78 is 15.2. The van der Waals surface area contributed by atoms with E-state index in [4.69, 9.17) is 4.98 Å². The van der Waals surface area contributed by atoms with E-state index in [1.54, 1.807) is 53.3 Å². The lowest BCUT2D eigenvalue weighted by atomic mass is 10.1. The Labute approximate surface area is 183 Å². The van der Waals surface area contributed by atoms with Gasteiger partial charge in [-0.2, -0.15) is 5.10 Å². The first-order chi connectivity index (χ1) is 15.6. The highest BCUT2D eigenvalue weighted by Gasteiger charge is 2.18. The van der Waals surface area contributed by atoms with Gasteiger partial charge in [0.05, 0.1) is 5.69 Å². The Morgan fingerprint density at radius 3 is 2.50 bits per heavy atom. The maximum atomic E-state index is 13.5. The van der Waals surface area contributed by atoms with Gasteiger partial charge in [0, 0.05) is 29.1 Å². The van der Waals surface area contributed by atoms with Gasteiger partial charge in [-0.3, -0.25) is 4.79 Å². The molecule has 0 spiro atoms. The highest BCUT2D eigenvalue weighted by atomic mass is 19.1. The summed E-state index contributed by atoms with van der Waals surface area (Å²) in [6.07, 6.45) is 3.30. The molecular weight excluding hydrogens is 405 g/mol. The van der Waals surface area contributed by atoms with E-state index in [9.17, 15) is 9.18 Å². The van der Waals surface area contributed by atoms with Gasteiger partial charge in [-0.15, -0.1) is 0 Å². The van der Waals surface area contributed by atoms with E-state index in [0.717, 1.165) is 22.4 Å². The molecule has 7 heteroatoms. The van der Waals surface area contributed by atoms with Gasteiger partial charge in [-0.1, -0.05) is 17.7 Å². The third kappa shape index (κ3) is 3.72. The van der Waals surface area contributed by atoms with E-state index in [2.05, 4.69) is 15.4 Å². The van der Waals surface area contributed by atoms with Crippen LogP contribution < -0.4 is 5.32 Å². The lowest BCUT2D eigenvalue weighted by molar-refractivity contribution is 0.102. The number of halogens is 1. The summed E-state index contributed by atoms with van der Waals surface area (Å²) in [6, 6.07) is 20.7. The quantitative estimate of drug-likeness (QED) is 0.434. The van der Waals surface area contributed by atoms with Crippen molar-refractivity contribution in [3.8, 4) is 22.5 Å². The standard InChI is InChI=1S/C25H18FN5O/c1-16-4-6-18(7-5-16)25(32)29-21-15-19(12-14-27-21)24-23(17-8-10-20(26)11-9-17)30-22-3-2-13-28-31(22)24/h2-15H,1H3,(H,27,29,32). The molecule has 0 bridgehead atoms. The summed E-state index contributed by atoms with van der Waals surface area (Å²) >= 11 is 0. The van der Waals surface area contributed by atoms with Crippen LogP contribution in [0.3, 0.4) is 0 Å². The molecule has 0 aliphatic heterocycles. The summed E-state index contributed by atoms with van der Waals surface area (Å²) in [5.74, 6) is -0.157. The lowest BCUT2D eigenvalue weighted by Gasteiger charge is -2.08. The molecule has 0 fully saturated rings. The molecule has 1 N–H and O–H groups in total. The van der Waals surface area contributed by atoms with Gasteiger partial charge in [0.15, 0.2) is 5.65 Å². The van der Waals surface area contributed by atoms with Crippen molar-refractivity contribution in [3.05, 3.63) is 102 Å². The van der Waals surface area contributed by atoms with E-state index in [1.165, 1.54) is 12.1 Å². The number of hydrogen-bond acceptors (Lipinski definition) is 4. The molecule has 5 aromatic rings. The molecule has 32 heavy (non-hydrogen) atoms. The zero-order valence-corrected chi connectivity index (χ0v) is 17.2. The Balaban J connectivity index is 1.57. The molecule has 3 heterocycles. The molecule has 6 nitrogen and oxygen atoms in total. The van der Waals surface area contributed by atoms with Crippen molar-refractivity contribution in [2.75, 3.05) is 5.32 Å². The fraction of sp³-hybridized carbons (Fsp3) is 0.0400. The molecule has 0 saturated heterocycles. The SMILES string of the molecule is Cc1ccc(C(=O)Nc2cc(-c3c(-c4ccc(F)cc4)nc4cccnn34)ccn2)cc1. The molecule has 0 aliphatic rings. The molecule has 0 atom stereocenters. The number of imidazole rings is 1. The number of hydrogen-bond donors (Lipinski definition) is 1. The lowest BCUT2D eigenvalue weighted by Crippen LogP contribution is -2.12. The predicted octanol–water partition coefficient (Wildman–Crippen LogP) is 5.16. The first-order valence-corrected chi connectivity index (χ1v) is 10.0. The van der Waals surface area contributed by atoms with Crippen LogP contribution in [-0.2, 0) is 0 Å². The van der Waals surface area contributed by atoms with Crippen LogP contribution in [0.2, 0.25) is 0 Å². The zero-order valence-electron chi connectivity index (χ0n) is 17.2. The summed E-state index contributed by atoms with van der Waals surface area (Å²) in [6.45, 7) is 1.97. The topological polar surface area (TPSA) is 72.2 Å². The van der Waals surface area contributed by atoms with E-state index in [-0.39, 0.29) is 11.7 Å². The van der Waals surface area contributed by atoms with Crippen LogP contribution in [0.1, 0.15) is 15.9 Å². The van der Waals surface area contributed by atoms with Gasteiger partial charge < -0.3 is 5.32 Å². The van der Waals surface area contributed by atoms with Crippen molar-refractivity contribution < 1.29 is 9.18 Å². The highest BCUT2D eigenvalue weighted by molar-refractivity contribution is 6.04. The van der Waals surface area contributed by atoms with Crippen LogP contribution in [-0.4, -0.2) is 25.5 Å². The average Bonchev–Trinajstić information content (AvgIpc) is 3.20. The van der Waals surface area contributed by atoms with Crippen molar-refractivity contribution in [2.45, 2.75) is 6.92 Å². The number of fused-ring (bicyclic) bond motifs is 1. The minimum Gasteiger partial charge on any atom is -0.307 e. The minimum atomic E-state index is -0.317. The van der Waals surface area contributed by atoms with E-state index in [1.807, 2.05) is 31.2 Å². The molecule has 1 amide bonds. The molecule has 0 saturated carbocycles. The molecule has 3 aromatic heterocycles. The zero-order chi connectivity index (χ0) is 22.1. The maximum Gasteiger partial charge on any atom is 0.256 e.